The summed E-state index contributed by atoms with van der Waals surface area (Å²) in [5.74, 6) is 0.812. The number of hydrogen-bond acceptors (Lipinski definition) is 3. The number of benzene rings is 1. The van der Waals surface area contributed by atoms with E-state index in [1.807, 2.05) is 24.3 Å². The molecule has 0 atom stereocenters. The van der Waals surface area contributed by atoms with E-state index in [4.69, 9.17) is 4.74 Å². The predicted molar refractivity (Wildman–Crippen MR) is 47.5 cm³/mol. The molecule has 0 aromatic heterocycles. The number of ether oxygens (including phenoxy) is 1. The summed E-state index contributed by atoms with van der Waals surface area (Å²) in [5, 5.41) is 2.92. The smallest absolute Gasteiger partial charge is 0.139 e. The molecule has 3 nitrogen and oxygen atoms in total. The first kappa shape index (κ1) is 8.59. The van der Waals surface area contributed by atoms with Crippen LogP contribution < -0.4 is 10.1 Å². The van der Waals surface area contributed by atoms with Gasteiger partial charge in [-0.05, 0) is 24.3 Å². The molecule has 3 heteroatoms. The van der Waals surface area contributed by atoms with Crippen molar-refractivity contribution in [3.8, 4) is 5.75 Å². The molecule has 0 aliphatic heterocycles. The highest BCUT2D eigenvalue weighted by Gasteiger charge is 1.91. The van der Waals surface area contributed by atoms with E-state index in [1.165, 1.54) is 0 Å². The zero-order valence-corrected chi connectivity index (χ0v) is 6.91. The van der Waals surface area contributed by atoms with Gasteiger partial charge in [0.2, 0.25) is 0 Å². The van der Waals surface area contributed by atoms with Crippen molar-refractivity contribution in [1.82, 2.24) is 0 Å². The topological polar surface area (TPSA) is 38.3 Å². The summed E-state index contributed by atoms with van der Waals surface area (Å²) >= 11 is 0. The van der Waals surface area contributed by atoms with Gasteiger partial charge in [-0.15, -0.1) is 0 Å². The molecule has 12 heavy (non-hydrogen) atoms. The summed E-state index contributed by atoms with van der Waals surface area (Å²) in [4.78, 5) is 10.0. The van der Waals surface area contributed by atoms with Crippen molar-refractivity contribution in [1.29, 1.82) is 0 Å². The summed E-state index contributed by atoms with van der Waals surface area (Å²) in [7, 11) is 1.62. The maximum Gasteiger partial charge on any atom is 0.139 e. The van der Waals surface area contributed by atoms with Crippen LogP contribution in [-0.2, 0) is 4.79 Å². The Balaban J connectivity index is 2.58. The number of carbonyl (C=O) groups is 1. The van der Waals surface area contributed by atoms with Gasteiger partial charge in [0.05, 0.1) is 13.7 Å². The Morgan fingerprint density at radius 1 is 1.42 bits per heavy atom. The molecule has 0 aliphatic carbocycles. The second kappa shape index (κ2) is 4.38. The Morgan fingerprint density at radius 2 is 2.08 bits per heavy atom. The molecule has 1 N–H and O–H groups in total. The van der Waals surface area contributed by atoms with Gasteiger partial charge in [-0.25, -0.2) is 0 Å². The minimum Gasteiger partial charge on any atom is -0.497 e. The van der Waals surface area contributed by atoms with Crippen molar-refractivity contribution in [2.75, 3.05) is 19.0 Å². The second-order valence-corrected chi connectivity index (χ2v) is 2.28. The van der Waals surface area contributed by atoms with Gasteiger partial charge in [-0.3, -0.25) is 0 Å². The third-order valence-electron chi connectivity index (χ3n) is 1.48. The van der Waals surface area contributed by atoms with Crippen molar-refractivity contribution < 1.29 is 9.53 Å². The van der Waals surface area contributed by atoms with Crippen molar-refractivity contribution in [3.63, 3.8) is 0 Å². The molecule has 64 valence electrons. The van der Waals surface area contributed by atoms with Gasteiger partial charge in [0.15, 0.2) is 0 Å². The first-order chi connectivity index (χ1) is 5.86. The van der Waals surface area contributed by atoms with E-state index in [1.54, 1.807) is 7.11 Å². The maximum atomic E-state index is 10.0. The lowest BCUT2D eigenvalue weighted by Crippen LogP contribution is -2.01. The molecule has 0 aliphatic rings. The molecular weight excluding hydrogens is 154 g/mol. The van der Waals surface area contributed by atoms with E-state index in [-0.39, 0.29) is 0 Å². The summed E-state index contributed by atoms with van der Waals surface area (Å²) in [6, 6.07) is 7.41. The molecule has 0 fully saturated rings. The monoisotopic (exact) mass is 165 g/mol. The minimum absolute atomic E-state index is 0.340. The van der Waals surface area contributed by atoms with Gasteiger partial charge < -0.3 is 14.8 Å². The molecule has 0 radical (unpaired) electrons. The van der Waals surface area contributed by atoms with Crippen molar-refractivity contribution >= 4 is 12.0 Å². The van der Waals surface area contributed by atoms with Gasteiger partial charge in [-0.2, -0.15) is 0 Å². The van der Waals surface area contributed by atoms with Crippen LogP contribution in [0, 0.1) is 0 Å². The third kappa shape index (κ3) is 2.27. The Bertz CT molecular complexity index is 243. The fourth-order valence-corrected chi connectivity index (χ4v) is 0.868. The Kier molecular flexibility index (Phi) is 3.14. The summed E-state index contributed by atoms with van der Waals surface area (Å²) in [6.07, 6.45) is 0.824. The standard InChI is InChI=1S/C9H11NO2/c1-12-9-4-2-8(3-5-9)10-6-7-11/h2-5,7,10H,6H2,1H3. The van der Waals surface area contributed by atoms with Gasteiger partial charge >= 0.3 is 0 Å². The number of rotatable bonds is 4. The normalized spacial score (nSPS) is 9.08. The maximum absolute atomic E-state index is 10.0. The van der Waals surface area contributed by atoms with Crippen LogP contribution in [0.15, 0.2) is 24.3 Å². The molecule has 0 bridgehead atoms. The zero-order chi connectivity index (χ0) is 8.81. The Labute approximate surface area is 71.4 Å². The van der Waals surface area contributed by atoms with E-state index in [9.17, 15) is 4.79 Å². The lowest BCUT2D eigenvalue weighted by Gasteiger charge is -2.03. The number of methoxy groups -OCH3 is 1. The molecule has 0 heterocycles. The molecule has 1 rings (SSSR count). The molecular formula is C9H11NO2. The van der Waals surface area contributed by atoms with Gasteiger partial charge in [0.1, 0.15) is 12.0 Å². The second-order valence-electron chi connectivity index (χ2n) is 2.28. The van der Waals surface area contributed by atoms with Gasteiger partial charge in [0.25, 0.3) is 0 Å². The first-order valence-corrected chi connectivity index (χ1v) is 3.68. The zero-order valence-electron chi connectivity index (χ0n) is 6.91. The average Bonchev–Trinajstić information content (AvgIpc) is 2.15. The third-order valence-corrected chi connectivity index (χ3v) is 1.48. The van der Waals surface area contributed by atoms with E-state index in [0.717, 1.165) is 17.7 Å². The van der Waals surface area contributed by atoms with E-state index in [2.05, 4.69) is 5.32 Å². The van der Waals surface area contributed by atoms with Crippen molar-refractivity contribution in [2.45, 2.75) is 0 Å². The predicted octanol–water partition coefficient (Wildman–Crippen LogP) is 1.31. The van der Waals surface area contributed by atoms with Crippen LogP contribution in [0.2, 0.25) is 0 Å². The summed E-state index contributed by atoms with van der Waals surface area (Å²) in [5.41, 5.74) is 0.919. The van der Waals surface area contributed by atoms with Crippen LogP contribution in [0.3, 0.4) is 0 Å². The van der Waals surface area contributed by atoms with Crippen LogP contribution >= 0.6 is 0 Å². The Hall–Kier alpha value is -1.51. The fourth-order valence-electron chi connectivity index (χ4n) is 0.868. The highest BCUT2D eigenvalue weighted by molar-refractivity contribution is 5.59. The SMILES string of the molecule is COc1ccc(NCC=O)cc1. The molecule has 0 unspecified atom stereocenters. The number of hydrogen-bond donors (Lipinski definition) is 1. The number of anilines is 1. The number of carbonyl (C=O) groups excluding carboxylic acids is 1. The quantitative estimate of drug-likeness (QED) is 0.683. The molecule has 1 aromatic carbocycles. The molecule has 0 saturated heterocycles. The van der Waals surface area contributed by atoms with Crippen LogP contribution in [0.25, 0.3) is 0 Å². The van der Waals surface area contributed by atoms with E-state index < -0.39 is 0 Å². The molecule has 0 spiro atoms. The largest absolute Gasteiger partial charge is 0.497 e. The van der Waals surface area contributed by atoms with Gasteiger partial charge in [0, 0.05) is 5.69 Å². The van der Waals surface area contributed by atoms with E-state index >= 15 is 0 Å². The average molecular weight is 165 g/mol. The molecule has 0 saturated carbocycles. The molecule has 0 amide bonds. The lowest BCUT2D eigenvalue weighted by atomic mass is 10.3. The summed E-state index contributed by atoms with van der Waals surface area (Å²) < 4.78 is 4.98. The first-order valence-electron chi connectivity index (χ1n) is 3.68. The van der Waals surface area contributed by atoms with Crippen molar-refractivity contribution in [3.05, 3.63) is 24.3 Å². The highest BCUT2D eigenvalue weighted by atomic mass is 16.5. The summed E-state index contributed by atoms with van der Waals surface area (Å²) in [6.45, 7) is 0.340. The number of nitrogens with one attached hydrogen (secondary N) is 1. The number of aldehydes is 1. The molecule has 1 aromatic rings. The van der Waals surface area contributed by atoms with Crippen LogP contribution in [0.5, 0.6) is 5.75 Å². The van der Waals surface area contributed by atoms with E-state index in [0.29, 0.717) is 6.54 Å². The lowest BCUT2D eigenvalue weighted by molar-refractivity contribution is -0.106. The van der Waals surface area contributed by atoms with Crippen LogP contribution in [-0.4, -0.2) is 19.9 Å². The fraction of sp³-hybridized carbons (Fsp3) is 0.222. The highest BCUT2D eigenvalue weighted by Crippen LogP contribution is 2.14. The van der Waals surface area contributed by atoms with Crippen LogP contribution in [0.4, 0.5) is 5.69 Å². The van der Waals surface area contributed by atoms with Crippen LogP contribution in [0.1, 0.15) is 0 Å². The van der Waals surface area contributed by atoms with Gasteiger partial charge in [-0.1, -0.05) is 0 Å². The minimum atomic E-state index is 0.340. The Morgan fingerprint density at radius 3 is 2.58 bits per heavy atom. The van der Waals surface area contributed by atoms with Crippen molar-refractivity contribution in [2.24, 2.45) is 0 Å².